The van der Waals surface area contributed by atoms with Crippen LogP contribution in [0.25, 0.3) is 6.08 Å². The van der Waals surface area contributed by atoms with Crippen LogP contribution in [-0.2, 0) is 0 Å². The van der Waals surface area contributed by atoms with Gasteiger partial charge in [0.2, 0.25) is 0 Å². The summed E-state index contributed by atoms with van der Waals surface area (Å²) in [7, 11) is 2.91. The number of benzene rings is 2. The molecule has 132 valence electrons. The van der Waals surface area contributed by atoms with Gasteiger partial charge in [0.15, 0.2) is 5.78 Å². The smallest absolute Gasteiger partial charge is 0.193 e. The van der Waals surface area contributed by atoms with Crippen LogP contribution in [0.3, 0.4) is 0 Å². The summed E-state index contributed by atoms with van der Waals surface area (Å²) < 4.78 is 15.8. The molecule has 0 unspecified atom stereocenters. The van der Waals surface area contributed by atoms with E-state index in [1.807, 2.05) is 38.1 Å². The quantitative estimate of drug-likeness (QED) is 0.606. The first-order valence-electron chi connectivity index (χ1n) is 7.88. The normalized spacial score (nSPS) is 10.9. The molecule has 0 fully saturated rings. The van der Waals surface area contributed by atoms with Gasteiger partial charge < -0.3 is 19.3 Å². The van der Waals surface area contributed by atoms with Gasteiger partial charge in [0, 0.05) is 12.1 Å². The first-order chi connectivity index (χ1) is 11.9. The minimum Gasteiger partial charge on any atom is -0.507 e. The molecule has 0 amide bonds. The Morgan fingerprint density at radius 1 is 1.04 bits per heavy atom. The summed E-state index contributed by atoms with van der Waals surface area (Å²) in [4.78, 5) is 12.4. The van der Waals surface area contributed by atoms with Crippen LogP contribution in [0.1, 0.15) is 29.8 Å². The average Bonchev–Trinajstić information content (AvgIpc) is 2.59. The lowest BCUT2D eigenvalue weighted by Gasteiger charge is -2.10. The van der Waals surface area contributed by atoms with Crippen molar-refractivity contribution in [2.24, 2.45) is 0 Å². The summed E-state index contributed by atoms with van der Waals surface area (Å²) >= 11 is 0. The van der Waals surface area contributed by atoms with Crippen molar-refractivity contribution in [2.75, 3.05) is 14.2 Å². The van der Waals surface area contributed by atoms with E-state index in [9.17, 15) is 9.90 Å². The molecule has 5 nitrogen and oxygen atoms in total. The SMILES string of the molecule is COc1cc(O)c(C(=O)/C=C/c2ccc(OC(C)C)cc2)c(OC)c1. The second kappa shape index (κ2) is 8.24. The number of hydrogen-bond donors (Lipinski definition) is 1. The zero-order chi connectivity index (χ0) is 18.4. The van der Waals surface area contributed by atoms with E-state index in [0.717, 1.165) is 11.3 Å². The highest BCUT2D eigenvalue weighted by atomic mass is 16.5. The van der Waals surface area contributed by atoms with E-state index in [1.54, 1.807) is 12.1 Å². The van der Waals surface area contributed by atoms with Gasteiger partial charge in [-0.2, -0.15) is 0 Å². The Morgan fingerprint density at radius 2 is 1.72 bits per heavy atom. The van der Waals surface area contributed by atoms with Crippen molar-refractivity contribution in [3.8, 4) is 23.0 Å². The fourth-order valence-corrected chi connectivity index (χ4v) is 2.29. The number of methoxy groups -OCH3 is 2. The highest BCUT2D eigenvalue weighted by molar-refractivity contribution is 6.10. The molecule has 0 aliphatic heterocycles. The molecule has 0 aliphatic carbocycles. The first kappa shape index (κ1) is 18.4. The number of allylic oxidation sites excluding steroid dienone is 1. The van der Waals surface area contributed by atoms with E-state index in [4.69, 9.17) is 14.2 Å². The van der Waals surface area contributed by atoms with Gasteiger partial charge in [-0.25, -0.2) is 0 Å². The van der Waals surface area contributed by atoms with Crippen LogP contribution in [-0.4, -0.2) is 31.2 Å². The number of hydrogen-bond acceptors (Lipinski definition) is 5. The molecule has 0 spiro atoms. The Morgan fingerprint density at radius 3 is 2.28 bits per heavy atom. The number of aromatic hydroxyl groups is 1. The average molecular weight is 342 g/mol. The van der Waals surface area contributed by atoms with Crippen LogP contribution < -0.4 is 14.2 Å². The highest BCUT2D eigenvalue weighted by Gasteiger charge is 2.17. The summed E-state index contributed by atoms with van der Waals surface area (Å²) in [5.41, 5.74) is 0.940. The summed E-state index contributed by atoms with van der Waals surface area (Å²) in [6, 6.07) is 10.3. The van der Waals surface area contributed by atoms with Crippen LogP contribution in [0, 0.1) is 0 Å². The van der Waals surface area contributed by atoms with Gasteiger partial charge in [-0.05, 0) is 37.6 Å². The van der Waals surface area contributed by atoms with Crippen molar-refractivity contribution >= 4 is 11.9 Å². The molecule has 2 aromatic rings. The summed E-state index contributed by atoms with van der Waals surface area (Å²) in [6.45, 7) is 3.92. The summed E-state index contributed by atoms with van der Waals surface area (Å²) in [5.74, 6) is 0.891. The zero-order valence-electron chi connectivity index (χ0n) is 14.8. The minimum atomic E-state index is -0.362. The molecular weight excluding hydrogens is 320 g/mol. The van der Waals surface area contributed by atoms with Crippen molar-refractivity contribution in [1.29, 1.82) is 0 Å². The van der Waals surface area contributed by atoms with Gasteiger partial charge in [0.25, 0.3) is 0 Å². The Bertz CT molecular complexity index is 760. The second-order valence-electron chi connectivity index (χ2n) is 5.66. The standard InChI is InChI=1S/C20H22O5/c1-13(2)25-15-8-5-14(6-9-15)7-10-17(21)20-18(22)11-16(23-3)12-19(20)24-4/h5-13,22H,1-4H3/b10-7+. The fourth-order valence-electron chi connectivity index (χ4n) is 2.29. The number of ether oxygens (including phenoxy) is 3. The molecule has 0 aromatic heterocycles. The van der Waals surface area contributed by atoms with Crippen LogP contribution in [0.2, 0.25) is 0 Å². The van der Waals surface area contributed by atoms with E-state index in [2.05, 4.69) is 0 Å². The molecule has 1 N–H and O–H groups in total. The molecule has 0 aliphatic rings. The molecule has 5 heteroatoms. The third kappa shape index (κ3) is 4.76. The molecule has 2 aromatic carbocycles. The topological polar surface area (TPSA) is 65.0 Å². The molecule has 0 atom stereocenters. The van der Waals surface area contributed by atoms with Gasteiger partial charge >= 0.3 is 0 Å². The van der Waals surface area contributed by atoms with E-state index >= 15 is 0 Å². The maximum Gasteiger partial charge on any atom is 0.193 e. The lowest BCUT2D eigenvalue weighted by atomic mass is 10.1. The number of carbonyl (C=O) groups is 1. The molecule has 0 bridgehead atoms. The lowest BCUT2D eigenvalue weighted by Crippen LogP contribution is -2.05. The fraction of sp³-hybridized carbons (Fsp3) is 0.250. The molecule has 0 saturated carbocycles. The van der Waals surface area contributed by atoms with Crippen molar-refractivity contribution in [1.82, 2.24) is 0 Å². The number of phenolic OH excluding ortho intramolecular Hbond substituents is 1. The zero-order valence-corrected chi connectivity index (χ0v) is 14.8. The van der Waals surface area contributed by atoms with Crippen molar-refractivity contribution < 1.29 is 24.1 Å². The van der Waals surface area contributed by atoms with Crippen molar-refractivity contribution in [3.63, 3.8) is 0 Å². The number of rotatable bonds is 7. The van der Waals surface area contributed by atoms with E-state index in [1.165, 1.54) is 26.4 Å². The van der Waals surface area contributed by atoms with Gasteiger partial charge in [-0.15, -0.1) is 0 Å². The largest absolute Gasteiger partial charge is 0.507 e. The molecule has 2 rings (SSSR count). The maximum absolute atomic E-state index is 12.4. The van der Waals surface area contributed by atoms with Crippen LogP contribution >= 0.6 is 0 Å². The minimum absolute atomic E-state index is 0.0966. The van der Waals surface area contributed by atoms with Gasteiger partial charge in [0.1, 0.15) is 28.6 Å². The van der Waals surface area contributed by atoms with Gasteiger partial charge in [-0.1, -0.05) is 18.2 Å². The van der Waals surface area contributed by atoms with E-state index < -0.39 is 0 Å². The third-order valence-corrected chi connectivity index (χ3v) is 3.44. The number of carbonyl (C=O) groups excluding carboxylic acids is 1. The second-order valence-corrected chi connectivity index (χ2v) is 5.66. The lowest BCUT2D eigenvalue weighted by molar-refractivity contribution is 0.104. The molecule has 0 heterocycles. The van der Waals surface area contributed by atoms with E-state index in [-0.39, 0.29) is 28.9 Å². The van der Waals surface area contributed by atoms with Crippen LogP contribution in [0.4, 0.5) is 0 Å². The van der Waals surface area contributed by atoms with Crippen LogP contribution in [0.15, 0.2) is 42.5 Å². The van der Waals surface area contributed by atoms with Crippen LogP contribution in [0.5, 0.6) is 23.0 Å². The number of phenols is 1. The third-order valence-electron chi connectivity index (χ3n) is 3.44. The van der Waals surface area contributed by atoms with E-state index in [0.29, 0.717) is 5.75 Å². The molecule has 0 radical (unpaired) electrons. The first-order valence-corrected chi connectivity index (χ1v) is 7.88. The monoisotopic (exact) mass is 342 g/mol. The Hall–Kier alpha value is -2.95. The predicted molar refractivity (Wildman–Crippen MR) is 96.8 cm³/mol. The molecule has 25 heavy (non-hydrogen) atoms. The van der Waals surface area contributed by atoms with Crippen molar-refractivity contribution in [2.45, 2.75) is 20.0 Å². The van der Waals surface area contributed by atoms with Gasteiger partial charge in [-0.3, -0.25) is 4.79 Å². The van der Waals surface area contributed by atoms with Crippen molar-refractivity contribution in [3.05, 3.63) is 53.6 Å². The highest BCUT2D eigenvalue weighted by Crippen LogP contribution is 2.33. The summed E-state index contributed by atoms with van der Waals surface area (Å²) in [5, 5.41) is 10.1. The van der Waals surface area contributed by atoms with Gasteiger partial charge in [0.05, 0.1) is 20.3 Å². The number of ketones is 1. The molecule has 0 saturated heterocycles. The Kier molecular flexibility index (Phi) is 6.06. The Labute approximate surface area is 147 Å². The maximum atomic E-state index is 12.4. The Balaban J connectivity index is 2.20. The summed E-state index contributed by atoms with van der Waals surface area (Å²) in [6.07, 6.45) is 3.17. The molecular formula is C20H22O5. The predicted octanol–water partition coefficient (Wildman–Crippen LogP) is 4.09.